The number of para-hydroxylation sites is 1. The number of ether oxygens (including phenoxy) is 2. The van der Waals surface area contributed by atoms with Crippen LogP contribution in [-0.4, -0.2) is 43.9 Å². The van der Waals surface area contributed by atoms with Gasteiger partial charge in [0, 0.05) is 42.3 Å². The van der Waals surface area contributed by atoms with Crippen molar-refractivity contribution in [3.05, 3.63) is 50.4 Å². The molecule has 0 saturated carbocycles. The molecular formula is C19H22Br2N2O3. The van der Waals surface area contributed by atoms with Crippen LogP contribution in [-0.2, 0) is 6.54 Å². The first-order valence-electron chi connectivity index (χ1n) is 8.37. The number of phenolic OH excluding ortho intramolecular Hbond substituents is 1. The van der Waals surface area contributed by atoms with Crippen molar-refractivity contribution in [2.24, 2.45) is 0 Å². The van der Waals surface area contributed by atoms with Gasteiger partial charge in [0.25, 0.3) is 0 Å². The molecule has 0 spiro atoms. The number of nitrogens with zero attached hydrogens (tertiary/aromatic N) is 1. The molecule has 140 valence electrons. The largest absolute Gasteiger partial charge is 0.503 e. The monoisotopic (exact) mass is 484 g/mol. The number of hydrogen-bond acceptors (Lipinski definition) is 5. The summed E-state index contributed by atoms with van der Waals surface area (Å²) in [5.41, 5.74) is 2.17. The van der Waals surface area contributed by atoms with E-state index in [1.807, 2.05) is 18.2 Å². The summed E-state index contributed by atoms with van der Waals surface area (Å²) in [4.78, 5) is 2.37. The Labute approximate surface area is 170 Å². The van der Waals surface area contributed by atoms with Crippen molar-refractivity contribution in [1.29, 1.82) is 0 Å². The molecule has 0 bridgehead atoms. The zero-order valence-electron chi connectivity index (χ0n) is 14.8. The lowest BCUT2D eigenvalue weighted by atomic mass is 10.0. The summed E-state index contributed by atoms with van der Waals surface area (Å²) in [5, 5.41) is 13.9. The normalized spacial score (nSPS) is 17.9. The zero-order chi connectivity index (χ0) is 18.7. The Balaban J connectivity index is 1.80. The predicted molar refractivity (Wildman–Crippen MR) is 109 cm³/mol. The van der Waals surface area contributed by atoms with Gasteiger partial charge in [-0.2, -0.15) is 0 Å². The van der Waals surface area contributed by atoms with Gasteiger partial charge in [-0.05, 0) is 33.6 Å². The lowest BCUT2D eigenvalue weighted by molar-refractivity contribution is 0.190. The van der Waals surface area contributed by atoms with Gasteiger partial charge in [0.2, 0.25) is 0 Å². The highest BCUT2D eigenvalue weighted by Crippen LogP contribution is 2.41. The van der Waals surface area contributed by atoms with Crippen molar-refractivity contribution in [1.82, 2.24) is 10.2 Å². The molecular weight excluding hydrogens is 464 g/mol. The third-order valence-electron chi connectivity index (χ3n) is 4.63. The van der Waals surface area contributed by atoms with E-state index in [-0.39, 0.29) is 11.8 Å². The Morgan fingerprint density at radius 3 is 2.65 bits per heavy atom. The summed E-state index contributed by atoms with van der Waals surface area (Å²) in [6.45, 7) is 3.38. The van der Waals surface area contributed by atoms with Crippen LogP contribution in [0.15, 0.2) is 39.3 Å². The van der Waals surface area contributed by atoms with Crippen LogP contribution in [0.3, 0.4) is 0 Å². The molecule has 2 aromatic carbocycles. The number of methoxy groups -OCH3 is 2. The minimum absolute atomic E-state index is 0.127. The van der Waals surface area contributed by atoms with Crippen LogP contribution in [0.25, 0.3) is 0 Å². The van der Waals surface area contributed by atoms with Crippen molar-refractivity contribution in [2.45, 2.75) is 12.6 Å². The fraction of sp³-hybridized carbons (Fsp3) is 0.368. The van der Waals surface area contributed by atoms with Crippen molar-refractivity contribution in [3.63, 3.8) is 0 Å². The molecule has 1 fully saturated rings. The Hall–Kier alpha value is -1.28. The number of rotatable bonds is 5. The summed E-state index contributed by atoms with van der Waals surface area (Å²) in [6, 6.07) is 10.1. The van der Waals surface area contributed by atoms with E-state index in [2.05, 4.69) is 48.1 Å². The van der Waals surface area contributed by atoms with Crippen molar-refractivity contribution in [3.8, 4) is 17.2 Å². The Bertz CT molecular complexity index is 786. The molecule has 1 unspecified atom stereocenters. The van der Waals surface area contributed by atoms with Gasteiger partial charge in [-0.25, -0.2) is 0 Å². The molecule has 2 N–H and O–H groups in total. The van der Waals surface area contributed by atoms with Crippen LogP contribution >= 0.6 is 31.9 Å². The van der Waals surface area contributed by atoms with Crippen LogP contribution in [0.5, 0.6) is 17.2 Å². The molecule has 1 heterocycles. The van der Waals surface area contributed by atoms with Gasteiger partial charge in [-0.3, -0.25) is 4.90 Å². The number of nitrogens with one attached hydrogen (secondary N) is 1. The van der Waals surface area contributed by atoms with Gasteiger partial charge in [0.15, 0.2) is 11.5 Å². The molecule has 0 aliphatic carbocycles. The predicted octanol–water partition coefficient (Wildman–Crippen LogP) is 4.08. The maximum absolute atomic E-state index is 10.3. The fourth-order valence-corrected chi connectivity index (χ4v) is 4.60. The van der Waals surface area contributed by atoms with Crippen LogP contribution in [0.4, 0.5) is 0 Å². The first kappa shape index (κ1) is 19.5. The molecule has 0 radical (unpaired) electrons. The number of benzene rings is 2. The third kappa shape index (κ3) is 4.01. The van der Waals surface area contributed by atoms with E-state index in [9.17, 15) is 5.11 Å². The maximum Gasteiger partial charge on any atom is 0.172 e. The van der Waals surface area contributed by atoms with E-state index in [0.29, 0.717) is 16.8 Å². The molecule has 26 heavy (non-hydrogen) atoms. The molecule has 2 aromatic rings. The lowest BCUT2D eigenvalue weighted by Crippen LogP contribution is -2.45. The molecule has 1 aliphatic heterocycles. The molecule has 1 atom stereocenters. The van der Waals surface area contributed by atoms with Crippen LogP contribution in [0, 0.1) is 0 Å². The van der Waals surface area contributed by atoms with Crippen LogP contribution < -0.4 is 14.8 Å². The zero-order valence-corrected chi connectivity index (χ0v) is 17.9. The Kier molecular flexibility index (Phi) is 6.45. The second-order valence-corrected chi connectivity index (χ2v) is 7.83. The number of phenols is 1. The number of piperazine rings is 1. The van der Waals surface area contributed by atoms with Gasteiger partial charge in [0.1, 0.15) is 5.75 Å². The first-order chi connectivity index (χ1) is 12.5. The number of halogens is 2. The Morgan fingerprint density at radius 2 is 1.92 bits per heavy atom. The summed E-state index contributed by atoms with van der Waals surface area (Å²) >= 11 is 7.11. The fourth-order valence-electron chi connectivity index (χ4n) is 3.27. The van der Waals surface area contributed by atoms with Gasteiger partial charge in [-0.1, -0.05) is 34.1 Å². The van der Waals surface area contributed by atoms with Crippen molar-refractivity contribution >= 4 is 31.9 Å². The molecule has 3 rings (SSSR count). The Morgan fingerprint density at radius 1 is 1.19 bits per heavy atom. The third-order valence-corrected chi connectivity index (χ3v) is 6.19. The van der Waals surface area contributed by atoms with E-state index in [1.165, 1.54) is 0 Å². The van der Waals surface area contributed by atoms with E-state index in [4.69, 9.17) is 9.47 Å². The van der Waals surface area contributed by atoms with Crippen molar-refractivity contribution in [2.75, 3.05) is 33.9 Å². The van der Waals surface area contributed by atoms with E-state index < -0.39 is 0 Å². The van der Waals surface area contributed by atoms with E-state index in [1.54, 1.807) is 20.3 Å². The first-order valence-corrected chi connectivity index (χ1v) is 9.96. The minimum atomic E-state index is 0.127. The molecule has 0 aromatic heterocycles. The van der Waals surface area contributed by atoms with Crippen LogP contribution in [0.2, 0.25) is 0 Å². The second-order valence-electron chi connectivity index (χ2n) is 6.19. The average molecular weight is 486 g/mol. The van der Waals surface area contributed by atoms with Crippen LogP contribution in [0.1, 0.15) is 17.2 Å². The molecule has 7 heteroatoms. The molecule has 0 amide bonds. The quantitative estimate of drug-likeness (QED) is 0.668. The second kappa shape index (κ2) is 8.61. The highest BCUT2D eigenvalue weighted by molar-refractivity contribution is 9.11. The van der Waals surface area contributed by atoms with Gasteiger partial charge >= 0.3 is 0 Å². The number of aromatic hydroxyl groups is 1. The molecule has 1 aliphatic rings. The van der Waals surface area contributed by atoms with Gasteiger partial charge in [-0.15, -0.1) is 0 Å². The molecule has 5 nitrogen and oxygen atoms in total. The highest BCUT2D eigenvalue weighted by Gasteiger charge is 2.25. The summed E-state index contributed by atoms with van der Waals surface area (Å²) in [7, 11) is 3.25. The SMILES string of the molecule is COc1ccccc1C1CN(Cc2c(Br)cc(OC)c(O)c2Br)CCN1. The summed E-state index contributed by atoms with van der Waals surface area (Å²) in [6.07, 6.45) is 0. The number of hydrogen-bond donors (Lipinski definition) is 2. The van der Waals surface area contributed by atoms with Gasteiger partial charge < -0.3 is 19.9 Å². The lowest BCUT2D eigenvalue weighted by Gasteiger charge is -2.35. The summed E-state index contributed by atoms with van der Waals surface area (Å²) < 4.78 is 12.3. The highest BCUT2D eigenvalue weighted by atomic mass is 79.9. The van der Waals surface area contributed by atoms with E-state index in [0.717, 1.165) is 41.0 Å². The van der Waals surface area contributed by atoms with E-state index >= 15 is 0 Å². The maximum atomic E-state index is 10.3. The van der Waals surface area contributed by atoms with Gasteiger partial charge in [0.05, 0.1) is 18.7 Å². The van der Waals surface area contributed by atoms with Crippen molar-refractivity contribution < 1.29 is 14.6 Å². The molecule has 1 saturated heterocycles. The average Bonchev–Trinajstić information content (AvgIpc) is 2.68. The standard InChI is InChI=1S/C19H22Br2N2O3/c1-25-16-6-4-3-5-12(16)15-11-23(8-7-22-15)10-13-14(20)9-17(26-2)19(24)18(13)21/h3-6,9,15,22,24H,7-8,10-11H2,1-2H3. The minimum Gasteiger partial charge on any atom is -0.503 e. The smallest absolute Gasteiger partial charge is 0.172 e. The summed E-state index contributed by atoms with van der Waals surface area (Å²) in [5.74, 6) is 1.47. The topological polar surface area (TPSA) is 54.0 Å².